The van der Waals surface area contributed by atoms with Crippen molar-refractivity contribution >= 4 is 5.97 Å². The molecule has 1 aromatic carbocycles. The fourth-order valence-corrected chi connectivity index (χ4v) is 3.96. The Kier molecular flexibility index (Phi) is 3.09. The minimum Gasteiger partial charge on any atom is -0.481 e. The van der Waals surface area contributed by atoms with Crippen LogP contribution in [0, 0.1) is 12.8 Å². The molecule has 2 aliphatic heterocycles. The Morgan fingerprint density at radius 3 is 2.58 bits per heavy atom. The van der Waals surface area contributed by atoms with Crippen LogP contribution in [0.4, 0.5) is 0 Å². The van der Waals surface area contributed by atoms with Gasteiger partial charge in [0.25, 0.3) is 0 Å². The highest BCUT2D eigenvalue weighted by Gasteiger charge is 2.49. The van der Waals surface area contributed by atoms with E-state index in [4.69, 9.17) is 0 Å². The van der Waals surface area contributed by atoms with Gasteiger partial charge < -0.3 is 5.11 Å². The van der Waals surface area contributed by atoms with Crippen molar-refractivity contribution in [2.24, 2.45) is 5.92 Å². The number of carbonyl (C=O) groups is 1. The molecule has 2 heterocycles. The summed E-state index contributed by atoms with van der Waals surface area (Å²) in [6.07, 6.45) is 3.15. The Morgan fingerprint density at radius 1 is 1.26 bits per heavy atom. The summed E-state index contributed by atoms with van der Waals surface area (Å²) in [7, 11) is 2.09. The van der Waals surface area contributed by atoms with Gasteiger partial charge in [0.05, 0.1) is 5.92 Å². The van der Waals surface area contributed by atoms with Crippen LogP contribution in [0.25, 0.3) is 0 Å². The summed E-state index contributed by atoms with van der Waals surface area (Å²) in [5, 5.41) is 9.64. The lowest BCUT2D eigenvalue weighted by molar-refractivity contribution is -0.146. The fourth-order valence-electron chi connectivity index (χ4n) is 3.96. The van der Waals surface area contributed by atoms with Gasteiger partial charge in [-0.15, -0.1) is 0 Å². The van der Waals surface area contributed by atoms with Gasteiger partial charge in [0, 0.05) is 18.0 Å². The lowest BCUT2D eigenvalue weighted by Gasteiger charge is -2.41. The molecule has 102 valence electrons. The number of benzene rings is 1. The topological polar surface area (TPSA) is 40.5 Å². The minimum atomic E-state index is -0.636. The Morgan fingerprint density at radius 2 is 1.95 bits per heavy atom. The number of hydrogen-bond donors (Lipinski definition) is 1. The van der Waals surface area contributed by atoms with Crippen LogP contribution < -0.4 is 0 Å². The van der Waals surface area contributed by atoms with Crippen molar-refractivity contribution in [1.82, 2.24) is 4.90 Å². The summed E-state index contributed by atoms with van der Waals surface area (Å²) in [5.41, 5.74) is 2.43. The van der Waals surface area contributed by atoms with E-state index < -0.39 is 5.97 Å². The molecular formula is C16H21NO2. The first-order valence-corrected chi connectivity index (χ1v) is 7.09. The number of piperidine rings is 1. The molecule has 0 aromatic heterocycles. The first-order valence-electron chi connectivity index (χ1n) is 7.09. The number of hydrogen-bond acceptors (Lipinski definition) is 2. The van der Waals surface area contributed by atoms with Gasteiger partial charge in [-0.3, -0.25) is 9.69 Å². The number of aliphatic carboxylic acids is 1. The van der Waals surface area contributed by atoms with Crippen LogP contribution >= 0.6 is 0 Å². The molecule has 19 heavy (non-hydrogen) atoms. The number of rotatable bonds is 2. The van der Waals surface area contributed by atoms with Crippen molar-refractivity contribution in [1.29, 1.82) is 0 Å². The molecule has 0 amide bonds. The highest BCUT2D eigenvalue weighted by molar-refractivity contribution is 5.73. The van der Waals surface area contributed by atoms with E-state index in [9.17, 15) is 9.90 Å². The van der Waals surface area contributed by atoms with Gasteiger partial charge in [-0.1, -0.05) is 29.8 Å². The summed E-state index contributed by atoms with van der Waals surface area (Å²) in [5.74, 6) is -0.721. The highest BCUT2D eigenvalue weighted by Crippen LogP contribution is 2.46. The average molecular weight is 259 g/mol. The summed E-state index contributed by atoms with van der Waals surface area (Å²) in [4.78, 5) is 14.0. The van der Waals surface area contributed by atoms with Crippen molar-refractivity contribution in [2.45, 2.75) is 44.2 Å². The SMILES string of the molecule is Cc1ccc(C2CC3CCC(C2C(=O)O)N3C)cc1. The van der Waals surface area contributed by atoms with Gasteiger partial charge in [0.2, 0.25) is 0 Å². The van der Waals surface area contributed by atoms with E-state index in [1.165, 1.54) is 11.1 Å². The molecule has 0 aliphatic carbocycles. The number of carboxylic acids is 1. The molecule has 0 spiro atoms. The molecule has 2 aliphatic rings. The van der Waals surface area contributed by atoms with Gasteiger partial charge in [-0.2, -0.15) is 0 Å². The van der Waals surface area contributed by atoms with E-state index in [-0.39, 0.29) is 17.9 Å². The highest BCUT2D eigenvalue weighted by atomic mass is 16.4. The maximum absolute atomic E-state index is 11.7. The Balaban J connectivity index is 1.95. The average Bonchev–Trinajstić information content (AvgIpc) is 2.63. The van der Waals surface area contributed by atoms with E-state index in [1.807, 2.05) is 0 Å². The zero-order chi connectivity index (χ0) is 13.6. The van der Waals surface area contributed by atoms with Crippen molar-refractivity contribution in [3.05, 3.63) is 35.4 Å². The van der Waals surface area contributed by atoms with Crippen molar-refractivity contribution in [3.8, 4) is 0 Å². The molecule has 1 aromatic rings. The second kappa shape index (κ2) is 4.64. The Labute approximate surface area is 114 Å². The van der Waals surface area contributed by atoms with Crippen LogP contribution in [-0.4, -0.2) is 35.1 Å². The molecule has 2 saturated heterocycles. The lowest BCUT2D eigenvalue weighted by atomic mass is 9.76. The quantitative estimate of drug-likeness (QED) is 0.887. The number of aryl methyl sites for hydroxylation is 1. The maximum Gasteiger partial charge on any atom is 0.308 e. The molecule has 3 rings (SSSR count). The lowest BCUT2D eigenvalue weighted by Crippen LogP contribution is -2.48. The molecule has 2 bridgehead atoms. The molecule has 3 heteroatoms. The maximum atomic E-state index is 11.7. The molecule has 4 atom stereocenters. The summed E-state index contributed by atoms with van der Waals surface area (Å²) in [6.45, 7) is 2.07. The van der Waals surface area contributed by atoms with Crippen LogP contribution in [0.15, 0.2) is 24.3 Å². The van der Waals surface area contributed by atoms with Gasteiger partial charge in [0.1, 0.15) is 0 Å². The zero-order valence-corrected chi connectivity index (χ0v) is 11.5. The zero-order valence-electron chi connectivity index (χ0n) is 11.5. The summed E-state index contributed by atoms with van der Waals surface area (Å²) in [6, 6.07) is 9.18. The second-order valence-electron chi connectivity index (χ2n) is 6.08. The first kappa shape index (κ1) is 12.7. The standard InChI is InChI=1S/C16H21NO2/c1-10-3-5-11(6-4-10)13-9-12-7-8-14(17(12)2)15(13)16(18)19/h3-6,12-15H,7-9H2,1-2H3,(H,18,19). The van der Waals surface area contributed by atoms with Crippen LogP contribution in [0.1, 0.15) is 36.3 Å². The third-order valence-electron chi connectivity index (χ3n) is 5.06. The van der Waals surface area contributed by atoms with Crippen LogP contribution in [-0.2, 0) is 4.79 Å². The first-order chi connectivity index (χ1) is 9.08. The minimum absolute atomic E-state index is 0.173. The van der Waals surface area contributed by atoms with E-state index in [0.29, 0.717) is 6.04 Å². The third kappa shape index (κ3) is 2.06. The molecular weight excluding hydrogens is 238 g/mol. The monoisotopic (exact) mass is 259 g/mol. The van der Waals surface area contributed by atoms with Crippen LogP contribution in [0.5, 0.6) is 0 Å². The fraction of sp³-hybridized carbons (Fsp3) is 0.562. The van der Waals surface area contributed by atoms with Crippen molar-refractivity contribution in [2.75, 3.05) is 7.05 Å². The van der Waals surface area contributed by atoms with Crippen molar-refractivity contribution in [3.63, 3.8) is 0 Å². The molecule has 3 nitrogen and oxygen atoms in total. The van der Waals surface area contributed by atoms with Gasteiger partial charge in [-0.25, -0.2) is 0 Å². The Bertz CT molecular complexity index is 482. The van der Waals surface area contributed by atoms with E-state index in [1.54, 1.807) is 0 Å². The largest absolute Gasteiger partial charge is 0.481 e. The number of carboxylic acid groups (broad SMARTS) is 1. The van der Waals surface area contributed by atoms with Gasteiger partial charge in [0.15, 0.2) is 0 Å². The van der Waals surface area contributed by atoms with E-state index in [2.05, 4.69) is 43.1 Å². The molecule has 4 unspecified atom stereocenters. The Hall–Kier alpha value is -1.35. The molecule has 0 radical (unpaired) electrons. The van der Waals surface area contributed by atoms with Crippen molar-refractivity contribution < 1.29 is 9.90 Å². The predicted molar refractivity (Wildman–Crippen MR) is 74.2 cm³/mol. The summed E-state index contributed by atoms with van der Waals surface area (Å²) < 4.78 is 0. The number of fused-ring (bicyclic) bond motifs is 2. The van der Waals surface area contributed by atoms with Gasteiger partial charge >= 0.3 is 5.97 Å². The normalized spacial score (nSPS) is 34.4. The molecule has 0 saturated carbocycles. The smallest absolute Gasteiger partial charge is 0.308 e. The second-order valence-corrected chi connectivity index (χ2v) is 6.08. The van der Waals surface area contributed by atoms with Crippen LogP contribution in [0.2, 0.25) is 0 Å². The summed E-state index contributed by atoms with van der Waals surface area (Å²) >= 11 is 0. The van der Waals surface area contributed by atoms with Crippen LogP contribution in [0.3, 0.4) is 0 Å². The molecule has 2 fully saturated rings. The van der Waals surface area contributed by atoms with E-state index >= 15 is 0 Å². The third-order valence-corrected chi connectivity index (χ3v) is 5.06. The predicted octanol–water partition coefficient (Wildman–Crippen LogP) is 2.65. The molecule has 1 N–H and O–H groups in total. The van der Waals surface area contributed by atoms with Gasteiger partial charge in [-0.05, 0) is 38.8 Å². The number of nitrogens with zero attached hydrogens (tertiary/aromatic N) is 1. The van der Waals surface area contributed by atoms with E-state index in [0.717, 1.165) is 19.3 Å².